The third-order valence-corrected chi connectivity index (χ3v) is 3.31. The van der Waals surface area contributed by atoms with Gasteiger partial charge in [-0.3, -0.25) is 4.79 Å². The van der Waals surface area contributed by atoms with Crippen molar-refractivity contribution in [3.63, 3.8) is 0 Å². The third-order valence-electron chi connectivity index (χ3n) is 3.31. The van der Waals surface area contributed by atoms with Crippen LogP contribution in [-0.4, -0.2) is 12.6 Å². The Morgan fingerprint density at radius 2 is 1.83 bits per heavy atom. The van der Waals surface area contributed by atoms with Gasteiger partial charge in [-0.15, -0.1) is 0 Å². The van der Waals surface area contributed by atoms with Gasteiger partial charge in [-0.1, -0.05) is 42.5 Å². The maximum atomic E-state index is 10.9. The zero-order chi connectivity index (χ0) is 16.5. The lowest BCUT2D eigenvalue weighted by Crippen LogP contribution is -2.06. The Morgan fingerprint density at radius 1 is 1.13 bits per heavy atom. The Bertz CT molecular complexity index is 659. The fourth-order valence-electron chi connectivity index (χ4n) is 2.18. The van der Waals surface area contributed by atoms with Gasteiger partial charge in [0.15, 0.2) is 0 Å². The summed E-state index contributed by atoms with van der Waals surface area (Å²) in [5, 5.41) is 9.02. The molecule has 0 amide bonds. The topological polar surface area (TPSA) is 59.3 Å². The fourth-order valence-corrected chi connectivity index (χ4v) is 2.18. The number of nitriles is 1. The first-order chi connectivity index (χ1) is 11.2. The maximum Gasteiger partial charge on any atom is 0.304 e. The summed E-state index contributed by atoms with van der Waals surface area (Å²) in [5.74, 6) is 0.263. The highest BCUT2D eigenvalue weighted by molar-refractivity contribution is 5.66. The maximum absolute atomic E-state index is 10.9. The second-order valence-electron chi connectivity index (χ2n) is 5.13. The standard InChI is InChI=1S/C19H19NO3/c1-15(21)23-19(14-20)17-9-11-18(12-10-17)22-13-5-8-16-6-3-2-4-7-16/h2-4,6-7,9-12,19H,5,8,13H2,1H3. The monoisotopic (exact) mass is 309 g/mol. The molecule has 0 aliphatic rings. The van der Waals surface area contributed by atoms with Crippen molar-refractivity contribution in [1.82, 2.24) is 0 Å². The average Bonchev–Trinajstić information content (AvgIpc) is 2.58. The molecule has 1 atom stereocenters. The molecule has 23 heavy (non-hydrogen) atoms. The molecule has 4 heteroatoms. The number of ether oxygens (including phenoxy) is 2. The SMILES string of the molecule is CC(=O)OC(C#N)c1ccc(OCCCc2ccccc2)cc1. The number of carbonyl (C=O) groups excluding carboxylic acids is 1. The van der Waals surface area contributed by atoms with Crippen molar-refractivity contribution in [2.75, 3.05) is 6.61 Å². The van der Waals surface area contributed by atoms with E-state index < -0.39 is 12.1 Å². The molecule has 2 rings (SSSR count). The van der Waals surface area contributed by atoms with Crippen LogP contribution in [0.3, 0.4) is 0 Å². The smallest absolute Gasteiger partial charge is 0.304 e. The normalized spacial score (nSPS) is 11.3. The first kappa shape index (κ1) is 16.6. The summed E-state index contributed by atoms with van der Waals surface area (Å²) in [6.45, 7) is 1.91. The van der Waals surface area contributed by atoms with E-state index in [1.54, 1.807) is 24.3 Å². The summed E-state index contributed by atoms with van der Waals surface area (Å²) in [5.41, 5.74) is 1.93. The van der Waals surface area contributed by atoms with Gasteiger partial charge in [0.25, 0.3) is 0 Å². The molecule has 0 spiro atoms. The molecule has 2 aromatic carbocycles. The minimum Gasteiger partial charge on any atom is -0.494 e. The Balaban J connectivity index is 1.81. The molecule has 118 valence electrons. The lowest BCUT2D eigenvalue weighted by Gasteiger charge is -2.11. The number of esters is 1. The summed E-state index contributed by atoms with van der Waals surface area (Å²) >= 11 is 0. The molecule has 0 aliphatic carbocycles. The van der Waals surface area contributed by atoms with E-state index in [4.69, 9.17) is 14.7 Å². The second kappa shape index (κ2) is 8.60. The number of nitrogens with zero attached hydrogens (tertiary/aromatic N) is 1. The second-order valence-corrected chi connectivity index (χ2v) is 5.13. The van der Waals surface area contributed by atoms with Crippen LogP contribution < -0.4 is 4.74 Å². The Hall–Kier alpha value is -2.80. The molecule has 0 aliphatic heterocycles. The van der Waals surface area contributed by atoms with Crippen molar-refractivity contribution >= 4 is 5.97 Å². The molecule has 0 aromatic heterocycles. The first-order valence-corrected chi connectivity index (χ1v) is 7.52. The predicted molar refractivity (Wildman–Crippen MR) is 86.8 cm³/mol. The highest BCUT2D eigenvalue weighted by Gasteiger charge is 2.13. The van der Waals surface area contributed by atoms with Crippen LogP contribution in [0.2, 0.25) is 0 Å². The van der Waals surface area contributed by atoms with Crippen LogP contribution in [0.1, 0.15) is 30.6 Å². The first-order valence-electron chi connectivity index (χ1n) is 7.52. The quantitative estimate of drug-likeness (QED) is 0.576. The van der Waals surface area contributed by atoms with Gasteiger partial charge in [0, 0.05) is 12.5 Å². The van der Waals surface area contributed by atoms with Crippen LogP contribution in [0.5, 0.6) is 5.75 Å². The molecule has 0 saturated heterocycles. The highest BCUT2D eigenvalue weighted by Crippen LogP contribution is 2.20. The van der Waals surface area contributed by atoms with Crippen molar-refractivity contribution in [1.29, 1.82) is 5.26 Å². The van der Waals surface area contributed by atoms with Gasteiger partial charge in [-0.05, 0) is 30.5 Å². The Kier molecular flexibility index (Phi) is 6.19. The van der Waals surface area contributed by atoms with E-state index in [0.717, 1.165) is 18.6 Å². The number of aryl methyl sites for hydroxylation is 1. The van der Waals surface area contributed by atoms with E-state index in [0.29, 0.717) is 12.2 Å². The molecule has 1 unspecified atom stereocenters. The highest BCUT2D eigenvalue weighted by atomic mass is 16.5. The number of benzene rings is 2. The molecule has 4 nitrogen and oxygen atoms in total. The summed E-state index contributed by atoms with van der Waals surface area (Å²) in [7, 11) is 0. The van der Waals surface area contributed by atoms with Gasteiger partial charge in [-0.25, -0.2) is 0 Å². The van der Waals surface area contributed by atoms with Crippen molar-refractivity contribution in [3.05, 3.63) is 65.7 Å². The van der Waals surface area contributed by atoms with E-state index in [1.165, 1.54) is 12.5 Å². The molecule has 2 aromatic rings. The van der Waals surface area contributed by atoms with Crippen molar-refractivity contribution in [2.24, 2.45) is 0 Å². The van der Waals surface area contributed by atoms with Crippen LogP contribution in [-0.2, 0) is 16.0 Å². The van der Waals surface area contributed by atoms with E-state index >= 15 is 0 Å². The molecule has 0 heterocycles. The fraction of sp³-hybridized carbons (Fsp3) is 0.263. The van der Waals surface area contributed by atoms with Crippen molar-refractivity contribution in [2.45, 2.75) is 25.9 Å². The summed E-state index contributed by atoms with van der Waals surface area (Å²) in [6.07, 6.45) is 1.03. The van der Waals surface area contributed by atoms with Gasteiger partial charge in [0.2, 0.25) is 6.10 Å². The van der Waals surface area contributed by atoms with E-state index in [1.807, 2.05) is 24.3 Å². The van der Waals surface area contributed by atoms with E-state index in [2.05, 4.69) is 12.1 Å². The van der Waals surface area contributed by atoms with E-state index in [-0.39, 0.29) is 0 Å². The van der Waals surface area contributed by atoms with Crippen molar-refractivity contribution in [3.8, 4) is 11.8 Å². The summed E-state index contributed by atoms with van der Waals surface area (Å²) in [4.78, 5) is 10.9. The number of hydrogen-bond donors (Lipinski definition) is 0. The molecular formula is C19H19NO3. The molecule has 0 saturated carbocycles. The van der Waals surface area contributed by atoms with Gasteiger partial charge in [0.1, 0.15) is 11.8 Å². The lowest BCUT2D eigenvalue weighted by molar-refractivity contribution is -0.144. The van der Waals surface area contributed by atoms with Crippen LogP contribution >= 0.6 is 0 Å². The number of rotatable bonds is 7. The van der Waals surface area contributed by atoms with Crippen LogP contribution in [0, 0.1) is 11.3 Å². The van der Waals surface area contributed by atoms with Gasteiger partial charge >= 0.3 is 5.97 Å². The predicted octanol–water partition coefficient (Wildman–Crippen LogP) is 3.83. The molecule has 0 bridgehead atoms. The van der Waals surface area contributed by atoms with Crippen LogP contribution in [0.25, 0.3) is 0 Å². The largest absolute Gasteiger partial charge is 0.494 e. The van der Waals surface area contributed by atoms with Gasteiger partial charge in [0.05, 0.1) is 6.61 Å². The van der Waals surface area contributed by atoms with Gasteiger partial charge in [-0.2, -0.15) is 5.26 Å². The summed E-state index contributed by atoms with van der Waals surface area (Å²) < 4.78 is 10.6. The molecular weight excluding hydrogens is 290 g/mol. The number of hydrogen-bond acceptors (Lipinski definition) is 4. The Morgan fingerprint density at radius 3 is 2.43 bits per heavy atom. The number of carbonyl (C=O) groups is 1. The van der Waals surface area contributed by atoms with Crippen LogP contribution in [0.15, 0.2) is 54.6 Å². The molecule has 0 fully saturated rings. The zero-order valence-electron chi connectivity index (χ0n) is 13.1. The third kappa shape index (κ3) is 5.48. The minimum atomic E-state index is -0.875. The van der Waals surface area contributed by atoms with Crippen LogP contribution in [0.4, 0.5) is 0 Å². The molecule has 0 N–H and O–H groups in total. The van der Waals surface area contributed by atoms with Crippen molar-refractivity contribution < 1.29 is 14.3 Å². The zero-order valence-corrected chi connectivity index (χ0v) is 13.1. The average molecular weight is 309 g/mol. The van der Waals surface area contributed by atoms with E-state index in [9.17, 15) is 4.79 Å². The Labute approximate surface area is 136 Å². The molecule has 0 radical (unpaired) electrons. The minimum absolute atomic E-state index is 0.474. The van der Waals surface area contributed by atoms with Gasteiger partial charge < -0.3 is 9.47 Å². The lowest BCUT2D eigenvalue weighted by atomic mass is 10.1. The summed E-state index contributed by atoms with van der Waals surface area (Å²) in [6, 6.07) is 19.3.